The van der Waals surface area contributed by atoms with Crippen LogP contribution in [-0.4, -0.2) is 0 Å². The Morgan fingerprint density at radius 2 is 2.21 bits per heavy atom. The average molecular weight is 187 g/mol. The summed E-state index contributed by atoms with van der Waals surface area (Å²) in [7, 11) is 0. The summed E-state index contributed by atoms with van der Waals surface area (Å²) in [5, 5.41) is 0. The summed E-state index contributed by atoms with van der Waals surface area (Å²) in [6.07, 6.45) is 5.59. The molecular formula is C14H19. The van der Waals surface area contributed by atoms with E-state index in [0.29, 0.717) is 0 Å². The average Bonchev–Trinajstić information content (AvgIpc) is 2.18. The molecule has 0 bridgehead atoms. The second-order valence-electron chi connectivity index (χ2n) is 4.77. The van der Waals surface area contributed by atoms with Gasteiger partial charge in [-0.2, -0.15) is 0 Å². The Morgan fingerprint density at radius 1 is 1.36 bits per heavy atom. The molecule has 1 aliphatic rings. The molecule has 0 aromatic heterocycles. The SMILES string of the molecule is Cc1[c]ccc(C2CCCC(C)C2)c1. The van der Waals surface area contributed by atoms with E-state index < -0.39 is 0 Å². The Kier molecular flexibility index (Phi) is 2.90. The van der Waals surface area contributed by atoms with Gasteiger partial charge in [0.2, 0.25) is 0 Å². The predicted molar refractivity (Wildman–Crippen MR) is 60.4 cm³/mol. The lowest BCUT2D eigenvalue weighted by molar-refractivity contribution is 0.344. The van der Waals surface area contributed by atoms with Gasteiger partial charge in [0, 0.05) is 0 Å². The highest BCUT2D eigenvalue weighted by Gasteiger charge is 2.19. The first-order chi connectivity index (χ1) is 6.75. The summed E-state index contributed by atoms with van der Waals surface area (Å²) in [5.74, 6) is 1.73. The minimum atomic E-state index is 0.812. The van der Waals surface area contributed by atoms with Crippen molar-refractivity contribution < 1.29 is 0 Å². The van der Waals surface area contributed by atoms with E-state index in [1.54, 1.807) is 0 Å². The summed E-state index contributed by atoms with van der Waals surface area (Å²) in [5.41, 5.74) is 2.81. The van der Waals surface area contributed by atoms with Gasteiger partial charge < -0.3 is 0 Å². The molecule has 1 radical (unpaired) electrons. The maximum Gasteiger partial charge on any atom is -0.0152 e. The minimum Gasteiger partial charge on any atom is -0.0625 e. The van der Waals surface area contributed by atoms with E-state index in [0.717, 1.165) is 11.8 Å². The third-order valence-electron chi connectivity index (χ3n) is 3.38. The largest absolute Gasteiger partial charge is 0.0625 e. The molecule has 1 saturated carbocycles. The van der Waals surface area contributed by atoms with E-state index in [1.807, 2.05) is 0 Å². The molecule has 14 heavy (non-hydrogen) atoms. The molecule has 0 aliphatic heterocycles. The molecule has 2 rings (SSSR count). The summed E-state index contributed by atoms with van der Waals surface area (Å²) in [6, 6.07) is 9.85. The Hall–Kier alpha value is -0.780. The topological polar surface area (TPSA) is 0 Å². The van der Waals surface area contributed by atoms with Gasteiger partial charge in [-0.05, 0) is 48.8 Å². The molecule has 1 aromatic rings. The predicted octanol–water partition coefficient (Wildman–Crippen LogP) is 4.09. The van der Waals surface area contributed by atoms with E-state index in [2.05, 4.69) is 38.1 Å². The van der Waals surface area contributed by atoms with Gasteiger partial charge in [0.1, 0.15) is 0 Å². The monoisotopic (exact) mass is 187 g/mol. The standard InChI is InChI=1S/C14H19/c1-11-5-3-7-13(9-11)14-8-4-6-12(2)10-14/h3,7,9,12,14H,4,6,8,10H2,1-2H3. The third-order valence-corrected chi connectivity index (χ3v) is 3.38. The van der Waals surface area contributed by atoms with Crippen LogP contribution in [0.25, 0.3) is 0 Å². The smallest absolute Gasteiger partial charge is 0.0152 e. The quantitative estimate of drug-likeness (QED) is 0.621. The van der Waals surface area contributed by atoms with E-state index in [9.17, 15) is 0 Å². The molecule has 0 heterocycles. The first-order valence-electron chi connectivity index (χ1n) is 5.74. The van der Waals surface area contributed by atoms with Gasteiger partial charge in [-0.1, -0.05) is 38.0 Å². The number of hydrogen-bond donors (Lipinski definition) is 0. The lowest BCUT2D eigenvalue weighted by atomic mass is 9.78. The Morgan fingerprint density at radius 3 is 2.93 bits per heavy atom. The van der Waals surface area contributed by atoms with Crippen LogP contribution in [0.5, 0.6) is 0 Å². The van der Waals surface area contributed by atoms with Crippen molar-refractivity contribution >= 4 is 0 Å². The van der Waals surface area contributed by atoms with Gasteiger partial charge in [-0.3, -0.25) is 0 Å². The normalized spacial score (nSPS) is 27.6. The fraction of sp³-hybridized carbons (Fsp3) is 0.571. The van der Waals surface area contributed by atoms with Crippen LogP contribution in [0.1, 0.15) is 49.7 Å². The molecule has 0 nitrogen and oxygen atoms in total. The first kappa shape index (κ1) is 9.76. The van der Waals surface area contributed by atoms with Crippen LogP contribution >= 0.6 is 0 Å². The lowest BCUT2D eigenvalue weighted by Crippen LogP contribution is -2.11. The Balaban J connectivity index is 2.14. The zero-order valence-electron chi connectivity index (χ0n) is 9.22. The van der Waals surface area contributed by atoms with Crippen molar-refractivity contribution in [3.63, 3.8) is 0 Å². The van der Waals surface area contributed by atoms with Crippen LogP contribution in [0.2, 0.25) is 0 Å². The van der Waals surface area contributed by atoms with Gasteiger partial charge >= 0.3 is 0 Å². The van der Waals surface area contributed by atoms with Gasteiger partial charge in [-0.25, -0.2) is 0 Å². The van der Waals surface area contributed by atoms with E-state index >= 15 is 0 Å². The molecule has 0 heteroatoms. The van der Waals surface area contributed by atoms with Crippen LogP contribution in [0.15, 0.2) is 18.2 Å². The van der Waals surface area contributed by atoms with E-state index in [1.165, 1.54) is 36.8 Å². The summed E-state index contributed by atoms with van der Waals surface area (Å²) in [4.78, 5) is 0. The van der Waals surface area contributed by atoms with Crippen molar-refractivity contribution in [3.8, 4) is 0 Å². The van der Waals surface area contributed by atoms with E-state index in [4.69, 9.17) is 0 Å². The summed E-state index contributed by atoms with van der Waals surface area (Å²) in [6.45, 7) is 4.52. The molecule has 2 atom stereocenters. The Labute approximate surface area is 87.3 Å². The fourth-order valence-corrected chi connectivity index (χ4v) is 2.60. The molecule has 0 saturated heterocycles. The molecule has 75 valence electrons. The second kappa shape index (κ2) is 4.16. The molecule has 1 aliphatic carbocycles. The molecule has 1 aromatic carbocycles. The highest BCUT2D eigenvalue weighted by Crippen LogP contribution is 2.35. The maximum absolute atomic E-state index is 3.22. The summed E-state index contributed by atoms with van der Waals surface area (Å²) >= 11 is 0. The molecule has 2 unspecified atom stereocenters. The minimum absolute atomic E-state index is 0.812. The number of hydrogen-bond acceptors (Lipinski definition) is 0. The zero-order valence-corrected chi connectivity index (χ0v) is 9.22. The van der Waals surface area contributed by atoms with Crippen molar-refractivity contribution in [2.24, 2.45) is 5.92 Å². The number of rotatable bonds is 1. The third kappa shape index (κ3) is 2.17. The van der Waals surface area contributed by atoms with Crippen molar-refractivity contribution in [2.45, 2.75) is 45.4 Å². The van der Waals surface area contributed by atoms with Crippen LogP contribution in [0.3, 0.4) is 0 Å². The van der Waals surface area contributed by atoms with Gasteiger partial charge in [0.15, 0.2) is 0 Å². The number of benzene rings is 1. The highest BCUT2D eigenvalue weighted by molar-refractivity contribution is 5.24. The molecule has 0 amide bonds. The Bertz CT molecular complexity index is 301. The van der Waals surface area contributed by atoms with Gasteiger partial charge in [0.05, 0.1) is 0 Å². The maximum atomic E-state index is 3.22. The van der Waals surface area contributed by atoms with Crippen LogP contribution in [-0.2, 0) is 0 Å². The van der Waals surface area contributed by atoms with Gasteiger partial charge in [0.25, 0.3) is 0 Å². The van der Waals surface area contributed by atoms with E-state index in [-0.39, 0.29) is 0 Å². The van der Waals surface area contributed by atoms with Crippen molar-refractivity contribution in [1.82, 2.24) is 0 Å². The van der Waals surface area contributed by atoms with Crippen molar-refractivity contribution in [1.29, 1.82) is 0 Å². The first-order valence-corrected chi connectivity index (χ1v) is 5.74. The fourth-order valence-electron chi connectivity index (χ4n) is 2.60. The molecule has 0 N–H and O–H groups in total. The molecule has 1 fully saturated rings. The van der Waals surface area contributed by atoms with Crippen LogP contribution < -0.4 is 0 Å². The molecule has 0 spiro atoms. The summed E-state index contributed by atoms with van der Waals surface area (Å²) < 4.78 is 0. The molecular weight excluding hydrogens is 168 g/mol. The van der Waals surface area contributed by atoms with Crippen molar-refractivity contribution in [3.05, 3.63) is 35.4 Å². The van der Waals surface area contributed by atoms with Crippen LogP contribution in [0, 0.1) is 18.9 Å². The van der Waals surface area contributed by atoms with Crippen molar-refractivity contribution in [2.75, 3.05) is 0 Å². The van der Waals surface area contributed by atoms with Crippen LogP contribution in [0.4, 0.5) is 0 Å². The highest BCUT2D eigenvalue weighted by atomic mass is 14.2. The lowest BCUT2D eigenvalue weighted by Gasteiger charge is -2.27. The number of aryl methyl sites for hydroxylation is 1. The van der Waals surface area contributed by atoms with Gasteiger partial charge in [-0.15, -0.1) is 0 Å². The zero-order chi connectivity index (χ0) is 9.97. The second-order valence-corrected chi connectivity index (χ2v) is 4.77.